The maximum atomic E-state index is 14.3. The van der Waals surface area contributed by atoms with E-state index in [2.05, 4.69) is 5.32 Å². The van der Waals surface area contributed by atoms with E-state index < -0.39 is 23.9 Å². The molecule has 188 valence electrons. The van der Waals surface area contributed by atoms with Crippen LogP contribution in [0.2, 0.25) is 4.34 Å². The number of amides is 1. The Labute approximate surface area is 205 Å². The summed E-state index contributed by atoms with van der Waals surface area (Å²) in [5, 5.41) is 17.8. The van der Waals surface area contributed by atoms with Crippen LogP contribution in [0.3, 0.4) is 0 Å². The van der Waals surface area contributed by atoms with Crippen molar-refractivity contribution >= 4 is 46.6 Å². The van der Waals surface area contributed by atoms with Gasteiger partial charge in [-0.2, -0.15) is 13.2 Å². The van der Waals surface area contributed by atoms with Crippen molar-refractivity contribution in [1.82, 2.24) is 10.2 Å². The average molecular weight is 536 g/mol. The second-order valence-electron chi connectivity index (χ2n) is 6.72. The van der Waals surface area contributed by atoms with Gasteiger partial charge in [0.15, 0.2) is 0 Å². The van der Waals surface area contributed by atoms with E-state index in [0.29, 0.717) is 27.9 Å². The van der Waals surface area contributed by atoms with Crippen LogP contribution in [0, 0.1) is 11.2 Å². The fourth-order valence-corrected chi connectivity index (χ4v) is 3.54. The van der Waals surface area contributed by atoms with Gasteiger partial charge in [-0.1, -0.05) is 29.8 Å². The van der Waals surface area contributed by atoms with Crippen LogP contribution in [0.25, 0.3) is 0 Å². The molecule has 3 N–H and O–H groups in total. The average Bonchev–Trinajstić information content (AvgIpc) is 3.47. The van der Waals surface area contributed by atoms with Gasteiger partial charge in [-0.15, -0.1) is 11.3 Å². The highest BCUT2D eigenvalue weighted by molar-refractivity contribution is 7.18. The van der Waals surface area contributed by atoms with Crippen LogP contribution in [0.4, 0.5) is 17.6 Å². The highest BCUT2D eigenvalue weighted by Gasteiger charge is 2.38. The molecule has 0 atom stereocenters. The molecule has 2 aromatic rings. The zero-order valence-corrected chi connectivity index (χ0v) is 19.3. The standard InChI is InChI=1S/C19H17ClFN3O3S.C2HF3O2/c20-16-6-5-15(28-16)18(25)23-7-10-27-19(26)13-4-3-12(11-14(13)21)17(22)24-8-1-2-9-24;3-2(4,5)1(6)7/h1-6,11,22H,7-10H2,(H,23,25);(H,6,7). The largest absolute Gasteiger partial charge is 0.490 e. The number of nitrogens with one attached hydrogen (secondary N) is 2. The first-order valence-electron chi connectivity index (χ1n) is 9.69. The number of benzene rings is 1. The summed E-state index contributed by atoms with van der Waals surface area (Å²) in [7, 11) is 0. The Morgan fingerprint density at radius 2 is 1.80 bits per heavy atom. The molecule has 1 aromatic carbocycles. The van der Waals surface area contributed by atoms with Crippen molar-refractivity contribution in [3.63, 3.8) is 0 Å². The molecule has 1 aromatic heterocycles. The molecule has 0 radical (unpaired) electrons. The number of ether oxygens (including phenoxy) is 1. The summed E-state index contributed by atoms with van der Waals surface area (Å²) in [6.45, 7) is 1.20. The lowest BCUT2D eigenvalue weighted by atomic mass is 10.1. The molecule has 8 nitrogen and oxygen atoms in total. The molecular formula is C21H18ClF4N3O5S. The fraction of sp³-hybridized carbons (Fsp3) is 0.238. The summed E-state index contributed by atoms with van der Waals surface area (Å²) >= 11 is 6.92. The van der Waals surface area contributed by atoms with Crippen LogP contribution in [-0.4, -0.2) is 66.1 Å². The Hall–Kier alpha value is -3.45. The molecule has 0 bridgehead atoms. The molecule has 1 aliphatic rings. The monoisotopic (exact) mass is 535 g/mol. The van der Waals surface area contributed by atoms with Gasteiger partial charge in [0.2, 0.25) is 0 Å². The third kappa shape index (κ3) is 8.37. The van der Waals surface area contributed by atoms with Crippen LogP contribution in [-0.2, 0) is 9.53 Å². The summed E-state index contributed by atoms with van der Waals surface area (Å²) in [5.74, 6) is -4.46. The van der Waals surface area contributed by atoms with Gasteiger partial charge >= 0.3 is 18.1 Å². The van der Waals surface area contributed by atoms with Gasteiger partial charge in [0.05, 0.1) is 21.3 Å². The number of carbonyl (C=O) groups is 3. The number of amidine groups is 1. The van der Waals surface area contributed by atoms with E-state index >= 15 is 0 Å². The molecular weight excluding hydrogens is 518 g/mol. The summed E-state index contributed by atoms with van der Waals surface area (Å²) < 4.78 is 51.5. The number of thiophene rings is 1. The number of aliphatic carboxylic acids is 1. The predicted octanol–water partition coefficient (Wildman–Crippen LogP) is 3.96. The number of nitrogens with zero attached hydrogens (tertiary/aromatic N) is 1. The first kappa shape index (κ1) is 27.8. The van der Waals surface area contributed by atoms with Crippen molar-refractivity contribution in [1.29, 1.82) is 5.41 Å². The number of rotatable bonds is 6. The first-order valence-corrected chi connectivity index (χ1v) is 10.9. The van der Waals surface area contributed by atoms with E-state index in [1.165, 1.54) is 12.1 Å². The molecule has 1 amide bonds. The van der Waals surface area contributed by atoms with E-state index in [9.17, 15) is 27.2 Å². The SMILES string of the molecule is N=C(c1ccc(C(=O)OCCNC(=O)c2ccc(Cl)s2)c(F)c1)N1CC=CC1.O=C(O)C(F)(F)F. The second-order valence-corrected chi connectivity index (χ2v) is 8.43. The molecule has 0 unspecified atom stereocenters. The van der Waals surface area contributed by atoms with Crippen LogP contribution in [0.15, 0.2) is 42.5 Å². The van der Waals surface area contributed by atoms with Gasteiger partial charge in [-0.25, -0.2) is 14.0 Å². The van der Waals surface area contributed by atoms with Gasteiger partial charge in [0, 0.05) is 18.7 Å². The van der Waals surface area contributed by atoms with Gasteiger partial charge in [0.25, 0.3) is 5.91 Å². The molecule has 0 saturated heterocycles. The lowest BCUT2D eigenvalue weighted by molar-refractivity contribution is -0.192. The third-order valence-electron chi connectivity index (χ3n) is 4.26. The van der Waals surface area contributed by atoms with Crippen molar-refractivity contribution in [2.45, 2.75) is 6.18 Å². The number of carboxylic acid groups (broad SMARTS) is 1. The van der Waals surface area contributed by atoms with Gasteiger partial charge in [-0.3, -0.25) is 10.2 Å². The zero-order valence-electron chi connectivity index (χ0n) is 17.7. The third-order valence-corrected chi connectivity index (χ3v) is 5.49. The quantitative estimate of drug-likeness (QED) is 0.129. The van der Waals surface area contributed by atoms with Crippen LogP contribution < -0.4 is 5.32 Å². The van der Waals surface area contributed by atoms with Crippen molar-refractivity contribution in [2.75, 3.05) is 26.2 Å². The lowest BCUT2D eigenvalue weighted by Crippen LogP contribution is -2.28. The maximum Gasteiger partial charge on any atom is 0.490 e. The Morgan fingerprint density at radius 3 is 2.31 bits per heavy atom. The van der Waals surface area contributed by atoms with E-state index in [0.717, 1.165) is 17.4 Å². The Kier molecular flexibility index (Phi) is 9.78. The fourth-order valence-electron chi connectivity index (χ4n) is 2.58. The van der Waals surface area contributed by atoms with Crippen molar-refractivity contribution < 1.29 is 41.8 Å². The normalized spacial score (nSPS) is 12.5. The van der Waals surface area contributed by atoms with Crippen molar-refractivity contribution in [3.8, 4) is 0 Å². The molecule has 0 spiro atoms. The summed E-state index contributed by atoms with van der Waals surface area (Å²) in [6.07, 6.45) is -1.22. The van der Waals surface area contributed by atoms with Crippen LogP contribution in [0.5, 0.6) is 0 Å². The molecule has 2 heterocycles. The predicted molar refractivity (Wildman–Crippen MR) is 120 cm³/mol. The number of carbonyl (C=O) groups excluding carboxylic acids is 2. The number of hydrogen-bond acceptors (Lipinski definition) is 6. The molecule has 0 aliphatic carbocycles. The minimum absolute atomic E-state index is 0.0897. The van der Waals surface area contributed by atoms with Crippen LogP contribution in [0.1, 0.15) is 25.6 Å². The minimum Gasteiger partial charge on any atom is -0.475 e. The number of esters is 1. The number of alkyl halides is 3. The maximum absolute atomic E-state index is 14.3. The highest BCUT2D eigenvalue weighted by Crippen LogP contribution is 2.21. The van der Waals surface area contributed by atoms with Gasteiger partial charge in [-0.05, 0) is 24.3 Å². The molecule has 0 fully saturated rings. The Bertz CT molecular complexity index is 1130. The Balaban J connectivity index is 0.000000540. The zero-order chi connectivity index (χ0) is 26.2. The topological polar surface area (TPSA) is 120 Å². The Morgan fingerprint density at radius 1 is 1.17 bits per heavy atom. The van der Waals surface area contributed by atoms with Crippen molar-refractivity contribution in [3.05, 3.63) is 68.6 Å². The van der Waals surface area contributed by atoms with E-state index in [4.69, 9.17) is 31.6 Å². The lowest BCUT2D eigenvalue weighted by Gasteiger charge is -2.18. The second kappa shape index (κ2) is 12.3. The van der Waals surface area contributed by atoms with Gasteiger partial charge < -0.3 is 20.1 Å². The number of carboxylic acids is 1. The summed E-state index contributed by atoms with van der Waals surface area (Å²) in [5.41, 5.74) is 0.173. The minimum atomic E-state index is -5.08. The number of hydrogen-bond donors (Lipinski definition) is 3. The van der Waals surface area contributed by atoms with Gasteiger partial charge in [0.1, 0.15) is 18.3 Å². The van der Waals surface area contributed by atoms with E-state index in [1.54, 1.807) is 17.0 Å². The molecule has 35 heavy (non-hydrogen) atoms. The smallest absolute Gasteiger partial charge is 0.475 e. The summed E-state index contributed by atoms with van der Waals surface area (Å²) in [4.78, 5) is 35.0. The summed E-state index contributed by atoms with van der Waals surface area (Å²) in [6, 6.07) is 7.19. The number of halogens is 5. The molecule has 3 rings (SSSR count). The van der Waals surface area contributed by atoms with Crippen molar-refractivity contribution in [2.24, 2.45) is 0 Å². The molecule has 0 saturated carbocycles. The van der Waals surface area contributed by atoms with E-state index in [1.807, 2.05) is 12.2 Å². The molecule has 14 heteroatoms. The molecule has 1 aliphatic heterocycles. The van der Waals surface area contributed by atoms with Crippen LogP contribution >= 0.6 is 22.9 Å². The first-order chi connectivity index (χ1) is 16.4. The van der Waals surface area contributed by atoms with E-state index in [-0.39, 0.29) is 30.5 Å². The highest BCUT2D eigenvalue weighted by atomic mass is 35.5.